The summed E-state index contributed by atoms with van der Waals surface area (Å²) in [5.41, 5.74) is 1.03. The molecule has 0 spiro atoms. The summed E-state index contributed by atoms with van der Waals surface area (Å²) in [7, 11) is -3.74. The van der Waals surface area contributed by atoms with Gasteiger partial charge >= 0.3 is 0 Å². The average molecular weight is 349 g/mol. The van der Waals surface area contributed by atoms with Crippen molar-refractivity contribution < 1.29 is 23.4 Å². The maximum absolute atomic E-state index is 12.7. The summed E-state index contributed by atoms with van der Waals surface area (Å²) in [6.45, 7) is 0. The molecule has 2 aromatic carbocycles. The Bertz CT molecular complexity index is 913. The van der Waals surface area contributed by atoms with Crippen molar-refractivity contribution in [3.05, 3.63) is 53.6 Å². The van der Waals surface area contributed by atoms with E-state index < -0.39 is 22.1 Å². The number of para-hydroxylation sites is 1. The SMILES string of the molecule is CS(=O)(=O)NN1C(=O)c2ccccc2NC1c1ccc(O)cc1O. The Balaban J connectivity index is 2.12. The number of phenols is 2. The number of hydrogen-bond acceptors (Lipinski definition) is 6. The predicted molar refractivity (Wildman–Crippen MR) is 86.7 cm³/mol. The van der Waals surface area contributed by atoms with E-state index in [9.17, 15) is 23.4 Å². The van der Waals surface area contributed by atoms with Gasteiger partial charge in [-0.05, 0) is 24.3 Å². The minimum absolute atomic E-state index is 0.151. The first-order valence-electron chi connectivity index (χ1n) is 6.95. The number of hydrazine groups is 1. The standard InChI is InChI=1S/C15H15N3O5S/c1-24(22,23)17-18-14(11-7-6-9(19)8-13(11)20)16-12-5-3-2-4-10(12)15(18)21/h2-8,14,16-17,19-20H,1H3. The highest BCUT2D eigenvalue weighted by atomic mass is 32.2. The molecule has 0 fully saturated rings. The molecule has 0 aromatic heterocycles. The maximum atomic E-state index is 12.7. The lowest BCUT2D eigenvalue weighted by molar-refractivity contribution is 0.0631. The molecular formula is C15H15N3O5S. The Morgan fingerprint density at radius 2 is 1.88 bits per heavy atom. The lowest BCUT2D eigenvalue weighted by Gasteiger charge is -2.37. The number of phenolic OH excluding ortho intramolecular Hbond substituents is 2. The molecule has 24 heavy (non-hydrogen) atoms. The topological polar surface area (TPSA) is 119 Å². The number of hydrogen-bond donors (Lipinski definition) is 4. The molecule has 1 aliphatic rings. The fraction of sp³-hybridized carbons (Fsp3) is 0.133. The zero-order valence-corrected chi connectivity index (χ0v) is 13.4. The van der Waals surface area contributed by atoms with Crippen molar-refractivity contribution in [2.75, 3.05) is 11.6 Å². The minimum Gasteiger partial charge on any atom is -0.508 e. The van der Waals surface area contributed by atoms with E-state index in [4.69, 9.17) is 0 Å². The Kier molecular flexibility index (Phi) is 3.82. The number of rotatable bonds is 3. The average Bonchev–Trinajstić information content (AvgIpc) is 2.49. The first-order valence-corrected chi connectivity index (χ1v) is 8.84. The molecule has 1 atom stereocenters. The number of nitrogens with zero attached hydrogens (tertiary/aromatic N) is 1. The molecule has 0 bridgehead atoms. The van der Waals surface area contributed by atoms with E-state index in [1.54, 1.807) is 24.3 Å². The van der Waals surface area contributed by atoms with E-state index in [-0.39, 0.29) is 17.1 Å². The minimum atomic E-state index is -3.74. The fourth-order valence-electron chi connectivity index (χ4n) is 2.51. The van der Waals surface area contributed by atoms with Crippen LogP contribution in [0.2, 0.25) is 0 Å². The zero-order valence-electron chi connectivity index (χ0n) is 12.6. The lowest BCUT2D eigenvalue weighted by atomic mass is 10.0. The quantitative estimate of drug-likeness (QED) is 0.659. The van der Waals surface area contributed by atoms with Gasteiger partial charge in [-0.2, -0.15) is 0 Å². The van der Waals surface area contributed by atoms with Gasteiger partial charge in [-0.15, -0.1) is 4.83 Å². The van der Waals surface area contributed by atoms with Gasteiger partial charge in [0.25, 0.3) is 5.91 Å². The highest BCUT2D eigenvalue weighted by Gasteiger charge is 2.36. The largest absolute Gasteiger partial charge is 0.508 e. The van der Waals surface area contributed by atoms with Crippen LogP contribution in [0, 0.1) is 0 Å². The number of aromatic hydroxyl groups is 2. The highest BCUT2D eigenvalue weighted by Crippen LogP contribution is 2.36. The van der Waals surface area contributed by atoms with Crippen LogP contribution in [-0.2, 0) is 10.0 Å². The van der Waals surface area contributed by atoms with Gasteiger partial charge in [-0.1, -0.05) is 12.1 Å². The third-order valence-corrected chi connectivity index (χ3v) is 4.03. The number of sulfonamides is 1. The van der Waals surface area contributed by atoms with Crippen LogP contribution >= 0.6 is 0 Å². The third-order valence-electron chi connectivity index (χ3n) is 3.50. The number of benzene rings is 2. The van der Waals surface area contributed by atoms with Crippen LogP contribution in [0.3, 0.4) is 0 Å². The Morgan fingerprint density at radius 3 is 2.54 bits per heavy atom. The van der Waals surface area contributed by atoms with Gasteiger partial charge < -0.3 is 15.5 Å². The fourth-order valence-corrected chi connectivity index (χ4v) is 3.05. The van der Waals surface area contributed by atoms with E-state index in [2.05, 4.69) is 10.1 Å². The van der Waals surface area contributed by atoms with Crippen molar-refractivity contribution >= 4 is 21.6 Å². The number of nitrogens with one attached hydrogen (secondary N) is 2. The Labute approximate surface area is 138 Å². The zero-order chi connectivity index (χ0) is 17.5. The van der Waals surface area contributed by atoms with Gasteiger partial charge in [0, 0.05) is 17.3 Å². The summed E-state index contributed by atoms with van der Waals surface area (Å²) < 4.78 is 23.3. The number of anilines is 1. The second kappa shape index (κ2) is 5.69. The first kappa shape index (κ1) is 16.1. The first-order chi connectivity index (χ1) is 11.3. The van der Waals surface area contributed by atoms with Crippen LogP contribution in [0.1, 0.15) is 22.1 Å². The molecule has 0 saturated heterocycles. The van der Waals surface area contributed by atoms with Crippen LogP contribution in [0.4, 0.5) is 5.69 Å². The van der Waals surface area contributed by atoms with E-state index in [0.29, 0.717) is 11.3 Å². The van der Waals surface area contributed by atoms with Gasteiger partial charge in [-0.3, -0.25) is 4.79 Å². The van der Waals surface area contributed by atoms with Crippen molar-refractivity contribution in [3.63, 3.8) is 0 Å². The molecule has 1 aliphatic heterocycles. The Morgan fingerprint density at radius 1 is 1.17 bits per heavy atom. The third kappa shape index (κ3) is 2.99. The van der Waals surface area contributed by atoms with Gasteiger partial charge in [0.1, 0.15) is 17.7 Å². The predicted octanol–water partition coefficient (Wildman–Crippen LogP) is 1.13. The van der Waals surface area contributed by atoms with E-state index in [0.717, 1.165) is 17.3 Å². The van der Waals surface area contributed by atoms with Crippen molar-refractivity contribution in [3.8, 4) is 11.5 Å². The van der Waals surface area contributed by atoms with E-state index in [1.165, 1.54) is 12.1 Å². The van der Waals surface area contributed by atoms with Crippen LogP contribution in [-0.4, -0.2) is 35.8 Å². The van der Waals surface area contributed by atoms with Crippen LogP contribution < -0.4 is 10.1 Å². The van der Waals surface area contributed by atoms with E-state index in [1.807, 2.05) is 0 Å². The molecule has 1 amide bonds. The maximum Gasteiger partial charge on any atom is 0.273 e. The van der Waals surface area contributed by atoms with Crippen LogP contribution in [0.5, 0.6) is 11.5 Å². The summed E-state index contributed by atoms with van der Waals surface area (Å²) in [5, 5.41) is 23.4. The number of carbonyl (C=O) groups is 1. The molecule has 4 N–H and O–H groups in total. The molecule has 3 rings (SSSR count). The van der Waals surface area contributed by atoms with Crippen molar-refractivity contribution in [1.82, 2.24) is 9.84 Å². The van der Waals surface area contributed by atoms with Gasteiger partial charge in [0.15, 0.2) is 0 Å². The van der Waals surface area contributed by atoms with E-state index >= 15 is 0 Å². The van der Waals surface area contributed by atoms with Crippen molar-refractivity contribution in [2.24, 2.45) is 0 Å². The molecule has 1 heterocycles. The smallest absolute Gasteiger partial charge is 0.273 e. The summed E-state index contributed by atoms with van der Waals surface area (Å²) in [4.78, 5) is 14.8. The molecular weight excluding hydrogens is 334 g/mol. The van der Waals surface area contributed by atoms with Crippen LogP contribution in [0.15, 0.2) is 42.5 Å². The number of fused-ring (bicyclic) bond motifs is 1. The molecule has 126 valence electrons. The molecule has 0 radical (unpaired) electrons. The van der Waals surface area contributed by atoms with Crippen molar-refractivity contribution in [1.29, 1.82) is 0 Å². The molecule has 9 heteroatoms. The number of amides is 1. The monoisotopic (exact) mass is 349 g/mol. The molecule has 1 unspecified atom stereocenters. The second-order valence-corrected chi connectivity index (χ2v) is 7.10. The molecule has 8 nitrogen and oxygen atoms in total. The van der Waals surface area contributed by atoms with Gasteiger partial charge in [0.05, 0.1) is 11.8 Å². The van der Waals surface area contributed by atoms with Gasteiger partial charge in [0.2, 0.25) is 10.0 Å². The van der Waals surface area contributed by atoms with Gasteiger partial charge in [-0.25, -0.2) is 13.4 Å². The lowest BCUT2D eigenvalue weighted by Crippen LogP contribution is -2.52. The summed E-state index contributed by atoms with van der Waals surface area (Å²) in [5.74, 6) is -0.992. The van der Waals surface area contributed by atoms with Crippen molar-refractivity contribution in [2.45, 2.75) is 6.17 Å². The summed E-state index contributed by atoms with van der Waals surface area (Å²) in [6, 6.07) is 10.5. The highest BCUT2D eigenvalue weighted by molar-refractivity contribution is 7.88. The molecule has 0 saturated carbocycles. The second-order valence-electron chi connectivity index (χ2n) is 5.37. The molecule has 0 aliphatic carbocycles. The summed E-state index contributed by atoms with van der Waals surface area (Å²) >= 11 is 0. The number of carbonyl (C=O) groups excluding carboxylic acids is 1. The normalized spacial score (nSPS) is 17.3. The molecule has 2 aromatic rings. The Hall–Kier alpha value is -2.78. The van der Waals surface area contributed by atoms with Crippen LogP contribution in [0.25, 0.3) is 0 Å². The summed E-state index contributed by atoms with van der Waals surface area (Å²) in [6.07, 6.45) is -0.0585.